The molecule has 0 unspecified atom stereocenters. The van der Waals surface area contributed by atoms with Crippen molar-refractivity contribution >= 4 is 16.9 Å². The summed E-state index contributed by atoms with van der Waals surface area (Å²) in [5.41, 5.74) is 9.64. The van der Waals surface area contributed by atoms with Crippen LogP contribution < -0.4 is 5.73 Å². The molecule has 5 nitrogen and oxygen atoms in total. The van der Waals surface area contributed by atoms with Gasteiger partial charge in [-0.25, -0.2) is 4.98 Å². The fourth-order valence-corrected chi connectivity index (χ4v) is 2.46. The van der Waals surface area contributed by atoms with E-state index in [0.717, 1.165) is 28.7 Å². The molecule has 0 saturated heterocycles. The Morgan fingerprint density at radius 1 is 1.35 bits per heavy atom. The molecule has 3 aromatic rings. The average molecular weight is 266 g/mol. The van der Waals surface area contributed by atoms with Gasteiger partial charge in [0.2, 0.25) is 5.91 Å². The Morgan fingerprint density at radius 2 is 2.20 bits per heavy atom. The van der Waals surface area contributed by atoms with Crippen LogP contribution in [0.1, 0.15) is 22.8 Å². The van der Waals surface area contributed by atoms with Crippen LogP contribution in [0.3, 0.4) is 0 Å². The Labute approximate surface area is 116 Å². The van der Waals surface area contributed by atoms with Gasteiger partial charge in [-0.2, -0.15) is 0 Å². The molecule has 20 heavy (non-hydrogen) atoms. The Morgan fingerprint density at radius 3 is 2.95 bits per heavy atom. The molecule has 2 aromatic heterocycles. The van der Waals surface area contributed by atoms with E-state index in [2.05, 4.69) is 9.97 Å². The summed E-state index contributed by atoms with van der Waals surface area (Å²) in [7, 11) is 0. The number of hydrogen-bond acceptors (Lipinski definition) is 3. The van der Waals surface area contributed by atoms with E-state index >= 15 is 0 Å². The number of benzene rings is 1. The molecule has 0 aliphatic carbocycles. The lowest BCUT2D eigenvalue weighted by atomic mass is 10.0. The van der Waals surface area contributed by atoms with Crippen molar-refractivity contribution in [1.82, 2.24) is 14.5 Å². The normalized spacial score (nSPS) is 10.8. The first-order chi connectivity index (χ1) is 9.72. The van der Waals surface area contributed by atoms with E-state index in [-0.39, 0.29) is 0 Å². The number of amides is 1. The summed E-state index contributed by atoms with van der Waals surface area (Å²) < 4.78 is 1.96. The van der Waals surface area contributed by atoms with E-state index in [1.807, 2.05) is 29.7 Å². The van der Waals surface area contributed by atoms with Gasteiger partial charge in [-0.15, -0.1) is 0 Å². The highest BCUT2D eigenvalue weighted by molar-refractivity contribution is 5.95. The molecule has 0 atom stereocenters. The van der Waals surface area contributed by atoms with Gasteiger partial charge in [0.05, 0.1) is 17.4 Å². The van der Waals surface area contributed by atoms with Crippen molar-refractivity contribution in [2.75, 3.05) is 0 Å². The maximum absolute atomic E-state index is 11.6. The number of nitrogens with two attached hydrogens (primary N) is 1. The lowest BCUT2D eigenvalue weighted by molar-refractivity contribution is 0.0999. The number of rotatable bonds is 3. The first-order valence-corrected chi connectivity index (χ1v) is 6.41. The van der Waals surface area contributed by atoms with Gasteiger partial charge in [-0.3, -0.25) is 14.3 Å². The van der Waals surface area contributed by atoms with Gasteiger partial charge in [0, 0.05) is 11.8 Å². The van der Waals surface area contributed by atoms with Crippen LogP contribution in [0, 0.1) is 0 Å². The molecule has 3 rings (SSSR count). The number of fused-ring (bicyclic) bond motifs is 1. The molecule has 1 aromatic carbocycles. The molecule has 2 N–H and O–H groups in total. The van der Waals surface area contributed by atoms with Crippen LogP contribution >= 0.6 is 0 Å². The molecule has 5 heteroatoms. The van der Waals surface area contributed by atoms with Crippen LogP contribution in [0.5, 0.6) is 0 Å². The van der Waals surface area contributed by atoms with Crippen LogP contribution in [0.15, 0.2) is 43.0 Å². The van der Waals surface area contributed by atoms with Crippen molar-refractivity contribution < 1.29 is 4.79 Å². The second-order valence-electron chi connectivity index (χ2n) is 4.50. The quantitative estimate of drug-likeness (QED) is 0.788. The van der Waals surface area contributed by atoms with Gasteiger partial charge < -0.3 is 5.73 Å². The van der Waals surface area contributed by atoms with Crippen molar-refractivity contribution in [2.24, 2.45) is 5.73 Å². The van der Waals surface area contributed by atoms with Crippen LogP contribution in [0.25, 0.3) is 16.7 Å². The number of aromatic nitrogens is 3. The molecule has 0 saturated carbocycles. The van der Waals surface area contributed by atoms with Gasteiger partial charge in [0.1, 0.15) is 11.8 Å². The van der Waals surface area contributed by atoms with Crippen molar-refractivity contribution in [3.05, 3.63) is 54.1 Å². The monoisotopic (exact) mass is 266 g/mol. The lowest BCUT2D eigenvalue weighted by Gasteiger charge is -2.13. The summed E-state index contributed by atoms with van der Waals surface area (Å²) in [6.45, 7) is 2.01. The molecule has 0 radical (unpaired) electrons. The van der Waals surface area contributed by atoms with Crippen LogP contribution in [-0.4, -0.2) is 20.4 Å². The maximum Gasteiger partial charge on any atom is 0.249 e. The minimum Gasteiger partial charge on any atom is -0.366 e. The zero-order valence-electron chi connectivity index (χ0n) is 11.1. The topological polar surface area (TPSA) is 73.8 Å². The fourth-order valence-electron chi connectivity index (χ4n) is 2.46. The first kappa shape index (κ1) is 12.3. The Balaban J connectivity index is 2.29. The first-order valence-electron chi connectivity index (χ1n) is 6.41. The molecule has 0 spiro atoms. The zero-order chi connectivity index (χ0) is 14.1. The number of nitrogens with zero attached hydrogens (tertiary/aromatic N) is 3. The minimum atomic E-state index is -0.408. The van der Waals surface area contributed by atoms with E-state index < -0.39 is 5.91 Å². The summed E-state index contributed by atoms with van der Waals surface area (Å²) >= 11 is 0. The summed E-state index contributed by atoms with van der Waals surface area (Å²) in [6.07, 6.45) is 5.91. The molecule has 2 heterocycles. The third kappa shape index (κ3) is 1.84. The van der Waals surface area contributed by atoms with Crippen molar-refractivity contribution in [3.8, 4) is 5.69 Å². The van der Waals surface area contributed by atoms with Gasteiger partial charge in [-0.05, 0) is 30.2 Å². The highest BCUT2D eigenvalue weighted by Gasteiger charge is 2.13. The fraction of sp³-hybridized carbons (Fsp3) is 0.133. The van der Waals surface area contributed by atoms with Gasteiger partial charge in [0.25, 0.3) is 0 Å². The van der Waals surface area contributed by atoms with E-state index in [9.17, 15) is 4.79 Å². The van der Waals surface area contributed by atoms with E-state index in [1.165, 1.54) is 0 Å². The summed E-state index contributed by atoms with van der Waals surface area (Å²) in [5, 5.41) is 0. The number of carbonyl (C=O) groups excluding carboxylic acids is 1. The smallest absolute Gasteiger partial charge is 0.249 e. The van der Waals surface area contributed by atoms with Crippen molar-refractivity contribution in [2.45, 2.75) is 13.3 Å². The molecule has 0 fully saturated rings. The Bertz CT molecular complexity index is 791. The number of carbonyl (C=O) groups is 1. The highest BCUT2D eigenvalue weighted by atomic mass is 16.1. The lowest BCUT2D eigenvalue weighted by Crippen LogP contribution is -2.15. The third-order valence-electron chi connectivity index (χ3n) is 3.38. The Hall–Kier alpha value is -2.69. The number of imidazole rings is 1. The van der Waals surface area contributed by atoms with Gasteiger partial charge in [-0.1, -0.05) is 13.0 Å². The molecule has 100 valence electrons. The van der Waals surface area contributed by atoms with E-state index in [1.54, 1.807) is 24.8 Å². The van der Waals surface area contributed by atoms with Crippen molar-refractivity contribution in [1.29, 1.82) is 0 Å². The van der Waals surface area contributed by atoms with Crippen LogP contribution in [0.2, 0.25) is 0 Å². The maximum atomic E-state index is 11.6. The molecule has 0 aliphatic heterocycles. The highest BCUT2D eigenvalue weighted by Crippen LogP contribution is 2.23. The number of pyridine rings is 1. The summed E-state index contributed by atoms with van der Waals surface area (Å²) in [6, 6.07) is 7.46. The van der Waals surface area contributed by atoms with E-state index in [0.29, 0.717) is 5.56 Å². The summed E-state index contributed by atoms with van der Waals surface area (Å²) in [4.78, 5) is 19.9. The molecular weight excluding hydrogens is 252 g/mol. The number of hydrogen-bond donors (Lipinski definition) is 1. The van der Waals surface area contributed by atoms with E-state index in [4.69, 9.17) is 5.73 Å². The molecule has 0 bridgehead atoms. The van der Waals surface area contributed by atoms with Crippen LogP contribution in [0.4, 0.5) is 0 Å². The predicted molar refractivity (Wildman–Crippen MR) is 76.8 cm³/mol. The standard InChI is InChI=1S/C15H14N4O/c1-2-10-11(15(16)20)4-3-5-13(10)19-9-18-12-8-17-7-6-14(12)19/h3-9H,2H2,1H3,(H2,16,20). The third-order valence-corrected chi connectivity index (χ3v) is 3.38. The SMILES string of the molecule is CCc1c(C(N)=O)cccc1-n1cnc2cnccc21. The zero-order valence-corrected chi connectivity index (χ0v) is 11.1. The largest absolute Gasteiger partial charge is 0.366 e. The van der Waals surface area contributed by atoms with Crippen molar-refractivity contribution in [3.63, 3.8) is 0 Å². The Kier molecular flexibility index (Phi) is 2.95. The summed E-state index contributed by atoms with van der Waals surface area (Å²) in [5.74, 6) is -0.408. The van der Waals surface area contributed by atoms with Crippen LogP contribution in [-0.2, 0) is 6.42 Å². The molecule has 0 aliphatic rings. The molecule has 1 amide bonds. The average Bonchev–Trinajstić information content (AvgIpc) is 2.90. The van der Waals surface area contributed by atoms with Gasteiger partial charge in [0.15, 0.2) is 0 Å². The minimum absolute atomic E-state index is 0.408. The molecular formula is C15H14N4O. The predicted octanol–water partition coefficient (Wildman–Crippen LogP) is 2.08. The second-order valence-corrected chi connectivity index (χ2v) is 4.50. The second kappa shape index (κ2) is 4.77. The van der Waals surface area contributed by atoms with Gasteiger partial charge >= 0.3 is 0 Å². The number of primary amides is 1.